The summed E-state index contributed by atoms with van der Waals surface area (Å²) in [6, 6.07) is 0. The molecule has 1 atom stereocenters. The van der Waals surface area contributed by atoms with E-state index in [0.29, 0.717) is 6.42 Å². The van der Waals surface area contributed by atoms with E-state index in [1.807, 2.05) is 6.92 Å². The molecular weight excluding hydrogens is 176 g/mol. The SMILES string of the molecule is CCCCC1(OC)CCC(=O)C=C1C. The lowest BCUT2D eigenvalue weighted by atomic mass is 9.80. The summed E-state index contributed by atoms with van der Waals surface area (Å²) in [5.74, 6) is 0.242. The van der Waals surface area contributed by atoms with Gasteiger partial charge in [-0.2, -0.15) is 0 Å². The van der Waals surface area contributed by atoms with Crippen LogP contribution in [-0.4, -0.2) is 18.5 Å². The average molecular weight is 196 g/mol. The van der Waals surface area contributed by atoms with Crippen LogP contribution < -0.4 is 0 Å². The highest BCUT2D eigenvalue weighted by Crippen LogP contribution is 2.35. The van der Waals surface area contributed by atoms with E-state index >= 15 is 0 Å². The largest absolute Gasteiger partial charge is 0.374 e. The smallest absolute Gasteiger partial charge is 0.155 e. The summed E-state index contributed by atoms with van der Waals surface area (Å²) < 4.78 is 5.62. The van der Waals surface area contributed by atoms with Crippen LogP contribution in [0.1, 0.15) is 46.0 Å². The number of ether oxygens (including phenoxy) is 1. The first kappa shape index (κ1) is 11.4. The van der Waals surface area contributed by atoms with E-state index in [1.165, 1.54) is 6.42 Å². The molecule has 0 aromatic heterocycles. The Morgan fingerprint density at radius 1 is 1.57 bits per heavy atom. The molecule has 0 saturated heterocycles. The normalized spacial score (nSPS) is 27.6. The maximum absolute atomic E-state index is 11.2. The predicted molar refractivity (Wildman–Crippen MR) is 57.3 cm³/mol. The lowest BCUT2D eigenvalue weighted by Gasteiger charge is -2.36. The molecule has 80 valence electrons. The van der Waals surface area contributed by atoms with E-state index in [2.05, 4.69) is 6.92 Å². The topological polar surface area (TPSA) is 26.3 Å². The minimum atomic E-state index is -0.149. The Morgan fingerprint density at radius 3 is 2.79 bits per heavy atom. The van der Waals surface area contributed by atoms with Gasteiger partial charge in [0.2, 0.25) is 0 Å². The number of hydrogen-bond donors (Lipinski definition) is 0. The summed E-state index contributed by atoms with van der Waals surface area (Å²) in [7, 11) is 1.75. The highest BCUT2D eigenvalue weighted by molar-refractivity contribution is 5.91. The second-order valence-corrected chi connectivity index (χ2v) is 4.10. The molecule has 1 aliphatic rings. The van der Waals surface area contributed by atoms with Crippen molar-refractivity contribution in [3.05, 3.63) is 11.6 Å². The molecule has 0 spiro atoms. The van der Waals surface area contributed by atoms with Crippen molar-refractivity contribution in [1.29, 1.82) is 0 Å². The summed E-state index contributed by atoms with van der Waals surface area (Å²) in [5, 5.41) is 0. The second kappa shape index (κ2) is 4.74. The first-order valence-corrected chi connectivity index (χ1v) is 5.41. The number of rotatable bonds is 4. The molecule has 2 nitrogen and oxygen atoms in total. The van der Waals surface area contributed by atoms with Crippen molar-refractivity contribution >= 4 is 5.78 Å². The Labute approximate surface area is 86.3 Å². The monoisotopic (exact) mass is 196 g/mol. The van der Waals surface area contributed by atoms with Crippen molar-refractivity contribution in [2.45, 2.75) is 51.6 Å². The summed E-state index contributed by atoms with van der Waals surface area (Å²) in [6.45, 7) is 4.19. The van der Waals surface area contributed by atoms with Crippen LogP contribution in [0.15, 0.2) is 11.6 Å². The van der Waals surface area contributed by atoms with Crippen molar-refractivity contribution in [2.75, 3.05) is 7.11 Å². The molecular formula is C12H20O2. The Hall–Kier alpha value is -0.630. The summed E-state index contributed by atoms with van der Waals surface area (Å²) >= 11 is 0. The zero-order valence-corrected chi connectivity index (χ0v) is 9.43. The van der Waals surface area contributed by atoms with Gasteiger partial charge in [-0.3, -0.25) is 4.79 Å². The second-order valence-electron chi connectivity index (χ2n) is 4.10. The van der Waals surface area contributed by atoms with Crippen molar-refractivity contribution in [3.63, 3.8) is 0 Å². The highest BCUT2D eigenvalue weighted by atomic mass is 16.5. The molecule has 0 bridgehead atoms. The highest BCUT2D eigenvalue weighted by Gasteiger charge is 2.34. The molecule has 2 heteroatoms. The molecule has 14 heavy (non-hydrogen) atoms. The maximum Gasteiger partial charge on any atom is 0.155 e. The van der Waals surface area contributed by atoms with E-state index in [0.717, 1.165) is 24.8 Å². The first-order chi connectivity index (χ1) is 6.64. The third-order valence-corrected chi connectivity index (χ3v) is 3.20. The minimum absolute atomic E-state index is 0.149. The minimum Gasteiger partial charge on any atom is -0.374 e. The molecule has 0 amide bonds. The van der Waals surface area contributed by atoms with Crippen LogP contribution in [0.25, 0.3) is 0 Å². The van der Waals surface area contributed by atoms with Gasteiger partial charge < -0.3 is 4.74 Å². The molecule has 0 aromatic carbocycles. The number of carbonyl (C=O) groups is 1. The van der Waals surface area contributed by atoms with Crippen LogP contribution in [0.4, 0.5) is 0 Å². The van der Waals surface area contributed by atoms with Crippen LogP contribution in [0, 0.1) is 0 Å². The fourth-order valence-electron chi connectivity index (χ4n) is 2.12. The summed E-state index contributed by atoms with van der Waals surface area (Å²) in [5.41, 5.74) is 0.953. The third-order valence-electron chi connectivity index (χ3n) is 3.20. The average Bonchev–Trinajstić information content (AvgIpc) is 2.18. The van der Waals surface area contributed by atoms with Crippen molar-refractivity contribution in [1.82, 2.24) is 0 Å². The molecule has 0 aromatic rings. The quantitative estimate of drug-likeness (QED) is 0.691. The molecule has 0 heterocycles. The summed E-state index contributed by atoms with van der Waals surface area (Å²) in [6.07, 6.45) is 6.61. The standard InChI is InChI=1S/C12H20O2/c1-4-5-7-12(14-3)8-6-11(13)9-10(12)2/h9H,4-8H2,1-3H3. The number of allylic oxidation sites excluding steroid dienone is 1. The van der Waals surface area contributed by atoms with Gasteiger partial charge in [-0.25, -0.2) is 0 Å². The molecule has 0 aliphatic heterocycles. The Morgan fingerprint density at radius 2 is 2.29 bits per heavy atom. The fraction of sp³-hybridized carbons (Fsp3) is 0.750. The molecule has 0 radical (unpaired) electrons. The maximum atomic E-state index is 11.2. The van der Waals surface area contributed by atoms with Crippen LogP contribution in [0.3, 0.4) is 0 Å². The lowest BCUT2D eigenvalue weighted by Crippen LogP contribution is -2.36. The molecule has 1 rings (SSSR count). The molecule has 0 saturated carbocycles. The van der Waals surface area contributed by atoms with Crippen LogP contribution in [-0.2, 0) is 9.53 Å². The van der Waals surface area contributed by atoms with E-state index in [1.54, 1.807) is 13.2 Å². The molecule has 1 unspecified atom stereocenters. The van der Waals surface area contributed by atoms with Crippen LogP contribution >= 0.6 is 0 Å². The number of hydrogen-bond acceptors (Lipinski definition) is 2. The van der Waals surface area contributed by atoms with Crippen molar-refractivity contribution < 1.29 is 9.53 Å². The zero-order chi connectivity index (χ0) is 10.6. The Kier molecular flexibility index (Phi) is 3.87. The zero-order valence-electron chi connectivity index (χ0n) is 9.43. The van der Waals surface area contributed by atoms with E-state index in [4.69, 9.17) is 4.74 Å². The van der Waals surface area contributed by atoms with E-state index in [9.17, 15) is 4.79 Å². The van der Waals surface area contributed by atoms with Crippen LogP contribution in [0.5, 0.6) is 0 Å². The fourth-order valence-corrected chi connectivity index (χ4v) is 2.12. The Balaban J connectivity index is 2.78. The summed E-state index contributed by atoms with van der Waals surface area (Å²) in [4.78, 5) is 11.2. The molecule has 1 aliphatic carbocycles. The van der Waals surface area contributed by atoms with Gasteiger partial charge in [0.1, 0.15) is 0 Å². The van der Waals surface area contributed by atoms with Gasteiger partial charge in [-0.1, -0.05) is 19.8 Å². The lowest BCUT2D eigenvalue weighted by molar-refractivity contribution is -0.117. The van der Waals surface area contributed by atoms with Gasteiger partial charge in [-0.15, -0.1) is 0 Å². The molecule has 0 N–H and O–H groups in total. The first-order valence-electron chi connectivity index (χ1n) is 5.41. The van der Waals surface area contributed by atoms with Gasteiger partial charge in [-0.05, 0) is 31.4 Å². The number of unbranched alkanes of at least 4 members (excludes halogenated alkanes) is 1. The van der Waals surface area contributed by atoms with Gasteiger partial charge in [0.05, 0.1) is 5.60 Å². The predicted octanol–water partition coefficient (Wildman–Crippen LogP) is 2.87. The van der Waals surface area contributed by atoms with Crippen molar-refractivity contribution in [3.8, 4) is 0 Å². The number of carbonyl (C=O) groups excluding carboxylic acids is 1. The number of methoxy groups -OCH3 is 1. The van der Waals surface area contributed by atoms with Gasteiger partial charge >= 0.3 is 0 Å². The number of ketones is 1. The van der Waals surface area contributed by atoms with Gasteiger partial charge in [0.15, 0.2) is 5.78 Å². The van der Waals surface area contributed by atoms with E-state index in [-0.39, 0.29) is 11.4 Å². The van der Waals surface area contributed by atoms with Gasteiger partial charge in [0.25, 0.3) is 0 Å². The van der Waals surface area contributed by atoms with Gasteiger partial charge in [0, 0.05) is 13.5 Å². The Bertz CT molecular complexity index is 243. The third kappa shape index (κ3) is 2.24. The van der Waals surface area contributed by atoms with E-state index < -0.39 is 0 Å². The van der Waals surface area contributed by atoms with Crippen molar-refractivity contribution in [2.24, 2.45) is 0 Å². The molecule has 0 fully saturated rings. The van der Waals surface area contributed by atoms with Crippen LogP contribution in [0.2, 0.25) is 0 Å².